The summed E-state index contributed by atoms with van der Waals surface area (Å²) in [6, 6.07) is 16.7. The first-order valence-electron chi connectivity index (χ1n) is 19.1. The maximum absolute atomic E-state index is 14.4. The molecule has 14 heteroatoms. The molecule has 0 spiro atoms. The number of rotatable bonds is 16. The SMILES string of the molecule is CC(C)C[C@H](NC(=O)N1CCCCCC1)C([O-])=N[C@H](Cc1cn(C)c2ccccc12)C(=O)N[C@H](Cc1ccccn1)C(=O)N[C@@H](Cc1ccccc1)C(=O)O.[Na+]. The monoisotopic (exact) mass is 773 g/mol. The molecule has 1 saturated heterocycles. The number of carboxylic acid groups (broad SMARTS) is 1. The van der Waals surface area contributed by atoms with Crippen molar-refractivity contribution >= 4 is 40.6 Å². The fourth-order valence-corrected chi connectivity index (χ4v) is 6.97. The average molecular weight is 774 g/mol. The predicted octanol–water partition coefficient (Wildman–Crippen LogP) is 0.787. The van der Waals surface area contributed by atoms with Crippen LogP contribution in [0.2, 0.25) is 0 Å². The first-order valence-corrected chi connectivity index (χ1v) is 19.1. The van der Waals surface area contributed by atoms with E-state index in [0.717, 1.165) is 42.1 Å². The number of hydrogen-bond donors (Lipinski definition) is 4. The standard InChI is InChI=1S/C42H53N7O6.Na/c1-28(2)23-33(47-42(55)49-21-13-4-5-14-22-49)38(50)44-34(25-30-27-48(3)37-19-10-9-18-32(30)37)39(51)45-35(26-31-17-11-12-20-43-31)40(52)46-36(41(53)54)24-29-15-7-6-8-16-29;/h6-12,15-20,27-28,33-36H,4-5,13-14,21-26H2,1-3H3,(H,44,50)(H,45,51)(H,46,52)(H,47,55)(H,53,54);/q;+1/p-1/t33-,34+,35+,36-;/m0./s1. The summed E-state index contributed by atoms with van der Waals surface area (Å²) in [6.45, 7) is 5.10. The fraction of sp³-hybridized carbons (Fsp3) is 0.429. The zero-order valence-electron chi connectivity index (χ0n) is 32.8. The van der Waals surface area contributed by atoms with Gasteiger partial charge in [0, 0.05) is 68.4 Å². The Morgan fingerprint density at radius 3 is 2.12 bits per heavy atom. The van der Waals surface area contributed by atoms with Crippen LogP contribution in [0.4, 0.5) is 4.79 Å². The quantitative estimate of drug-likeness (QED) is 0.0738. The molecule has 4 atom stereocenters. The number of carbonyl (C=O) groups is 4. The predicted molar refractivity (Wildman–Crippen MR) is 209 cm³/mol. The van der Waals surface area contributed by atoms with Gasteiger partial charge in [0.15, 0.2) is 0 Å². The van der Waals surface area contributed by atoms with Gasteiger partial charge in [-0.15, -0.1) is 0 Å². The van der Waals surface area contributed by atoms with Crippen molar-refractivity contribution in [2.24, 2.45) is 18.0 Å². The van der Waals surface area contributed by atoms with Crippen molar-refractivity contribution in [3.05, 3.63) is 102 Å². The molecule has 5 rings (SSSR count). The summed E-state index contributed by atoms with van der Waals surface area (Å²) >= 11 is 0. The van der Waals surface area contributed by atoms with Crippen molar-refractivity contribution in [2.45, 2.75) is 89.4 Å². The summed E-state index contributed by atoms with van der Waals surface area (Å²) in [4.78, 5) is 64.6. The summed E-state index contributed by atoms with van der Waals surface area (Å²) in [5.74, 6) is -3.26. The maximum atomic E-state index is 14.4. The van der Waals surface area contributed by atoms with Gasteiger partial charge in [0.05, 0.1) is 6.04 Å². The van der Waals surface area contributed by atoms with Gasteiger partial charge >= 0.3 is 41.6 Å². The normalized spacial score (nSPS) is 15.5. The summed E-state index contributed by atoms with van der Waals surface area (Å²) in [5, 5.41) is 33.4. The number of likely N-dealkylation sites (tertiary alicyclic amines) is 1. The van der Waals surface area contributed by atoms with Crippen molar-refractivity contribution in [3.8, 4) is 0 Å². The number of benzene rings is 2. The first-order chi connectivity index (χ1) is 26.5. The molecule has 0 radical (unpaired) electrons. The number of amides is 4. The second kappa shape index (κ2) is 21.5. The number of pyridine rings is 1. The molecule has 1 aliphatic heterocycles. The molecule has 4 N–H and O–H groups in total. The molecular formula is C42H52N7NaO6. The Bertz CT molecular complexity index is 1930. The zero-order chi connectivity index (χ0) is 39.3. The van der Waals surface area contributed by atoms with Crippen molar-refractivity contribution in [3.63, 3.8) is 0 Å². The van der Waals surface area contributed by atoms with Crippen LogP contribution in [-0.4, -0.2) is 86.5 Å². The number of urea groups is 1. The number of aryl methyl sites for hydroxylation is 1. The summed E-state index contributed by atoms with van der Waals surface area (Å²) in [7, 11) is 1.89. The van der Waals surface area contributed by atoms with Crippen molar-refractivity contribution < 1.29 is 58.9 Å². The van der Waals surface area contributed by atoms with Crippen molar-refractivity contribution in [1.82, 2.24) is 30.4 Å². The van der Waals surface area contributed by atoms with Crippen LogP contribution >= 0.6 is 0 Å². The van der Waals surface area contributed by atoms with E-state index in [4.69, 9.17) is 0 Å². The molecule has 4 amide bonds. The van der Waals surface area contributed by atoms with E-state index in [-0.39, 0.29) is 60.8 Å². The molecule has 1 aliphatic rings. The molecule has 292 valence electrons. The molecule has 3 heterocycles. The van der Waals surface area contributed by atoms with E-state index in [1.165, 1.54) is 0 Å². The third-order valence-corrected chi connectivity index (χ3v) is 9.84. The molecule has 56 heavy (non-hydrogen) atoms. The van der Waals surface area contributed by atoms with Gasteiger partial charge in [0.25, 0.3) is 0 Å². The van der Waals surface area contributed by atoms with Gasteiger partial charge < -0.3 is 35.6 Å². The van der Waals surface area contributed by atoms with Gasteiger partial charge in [0.1, 0.15) is 18.1 Å². The summed E-state index contributed by atoms with van der Waals surface area (Å²) in [5.41, 5.74) is 2.90. The molecule has 0 unspecified atom stereocenters. The second-order valence-corrected chi connectivity index (χ2v) is 14.7. The van der Waals surface area contributed by atoms with Gasteiger partial charge in [0.2, 0.25) is 11.8 Å². The number of fused-ring (bicyclic) bond motifs is 1. The van der Waals surface area contributed by atoms with Gasteiger partial charge in [-0.3, -0.25) is 19.6 Å². The van der Waals surface area contributed by atoms with Crippen LogP contribution in [0.5, 0.6) is 0 Å². The van der Waals surface area contributed by atoms with Gasteiger partial charge in [-0.25, -0.2) is 9.59 Å². The number of nitrogens with zero attached hydrogens (tertiary/aromatic N) is 4. The molecule has 4 aromatic rings. The van der Waals surface area contributed by atoms with Crippen LogP contribution in [0.3, 0.4) is 0 Å². The average Bonchev–Trinajstić information content (AvgIpc) is 3.30. The fourth-order valence-electron chi connectivity index (χ4n) is 6.97. The molecule has 2 aromatic carbocycles. The molecule has 1 fully saturated rings. The van der Waals surface area contributed by atoms with Gasteiger partial charge in [-0.2, -0.15) is 0 Å². The number of aliphatic carboxylic acids is 1. The van der Waals surface area contributed by atoms with E-state index in [1.807, 2.05) is 62.0 Å². The number of carbonyl (C=O) groups excluding carboxylic acids is 3. The number of aromatic nitrogens is 2. The number of hydrogen-bond acceptors (Lipinski definition) is 7. The van der Waals surface area contributed by atoms with Crippen molar-refractivity contribution in [1.29, 1.82) is 0 Å². The van der Waals surface area contributed by atoms with Crippen LogP contribution < -0.4 is 50.6 Å². The third kappa shape index (κ3) is 12.7. The number of carboxylic acids is 1. The van der Waals surface area contributed by atoms with Crippen LogP contribution in [0.25, 0.3) is 10.9 Å². The maximum Gasteiger partial charge on any atom is 1.00 e. The molecule has 0 saturated carbocycles. The Morgan fingerprint density at radius 1 is 0.804 bits per heavy atom. The Kier molecular flexibility index (Phi) is 16.9. The van der Waals surface area contributed by atoms with E-state index in [2.05, 4.69) is 25.9 Å². The minimum atomic E-state index is -1.29. The van der Waals surface area contributed by atoms with E-state index in [1.54, 1.807) is 53.6 Å². The van der Waals surface area contributed by atoms with E-state index >= 15 is 0 Å². The van der Waals surface area contributed by atoms with E-state index in [0.29, 0.717) is 30.8 Å². The Labute approximate surface area is 350 Å². The van der Waals surface area contributed by atoms with Gasteiger partial charge in [-0.1, -0.05) is 81.3 Å². The Balaban J connectivity index is 0.00000696. The Hall–Kier alpha value is -4.72. The number of aliphatic imine (C=N–C) groups is 1. The molecular weight excluding hydrogens is 721 g/mol. The third-order valence-electron chi connectivity index (χ3n) is 9.84. The van der Waals surface area contributed by atoms with E-state index in [9.17, 15) is 29.4 Å². The minimum absolute atomic E-state index is 0. The first kappa shape index (κ1) is 44.0. The Morgan fingerprint density at radius 2 is 1.46 bits per heavy atom. The summed E-state index contributed by atoms with van der Waals surface area (Å²) < 4.78 is 1.93. The molecule has 2 aromatic heterocycles. The van der Waals surface area contributed by atoms with Crippen LogP contribution in [0, 0.1) is 5.92 Å². The molecule has 13 nitrogen and oxygen atoms in total. The van der Waals surface area contributed by atoms with Crippen molar-refractivity contribution in [2.75, 3.05) is 13.1 Å². The number of para-hydroxylation sites is 1. The van der Waals surface area contributed by atoms with E-state index < -0.39 is 47.8 Å². The van der Waals surface area contributed by atoms with Crippen LogP contribution in [-0.2, 0) is 40.7 Å². The smallest absolute Gasteiger partial charge is 0.861 e. The molecule has 0 bridgehead atoms. The summed E-state index contributed by atoms with van der Waals surface area (Å²) in [6.07, 6.45) is 7.63. The number of nitrogens with one attached hydrogen (secondary N) is 3. The topological polar surface area (TPSA) is 181 Å². The zero-order valence-corrected chi connectivity index (χ0v) is 34.8. The van der Waals surface area contributed by atoms with Crippen LogP contribution in [0.1, 0.15) is 62.8 Å². The minimum Gasteiger partial charge on any atom is -0.861 e. The van der Waals surface area contributed by atoms with Gasteiger partial charge in [-0.05, 0) is 60.4 Å². The largest absolute Gasteiger partial charge is 1.00 e. The second-order valence-electron chi connectivity index (χ2n) is 14.7. The van der Waals surface area contributed by atoms with Crippen LogP contribution in [0.15, 0.2) is 90.2 Å². The molecule has 0 aliphatic carbocycles.